The third kappa shape index (κ3) is 2.62. The highest BCUT2D eigenvalue weighted by Crippen LogP contribution is 2.19. The number of hydrogen-bond acceptors (Lipinski definition) is 3. The predicted octanol–water partition coefficient (Wildman–Crippen LogP) is 3.54. The van der Waals surface area contributed by atoms with Gasteiger partial charge in [-0.3, -0.25) is 9.36 Å². The molecule has 2 rings (SSSR count). The summed E-state index contributed by atoms with van der Waals surface area (Å²) in [6, 6.07) is 5.62. The van der Waals surface area contributed by atoms with Crippen LogP contribution in [-0.2, 0) is 6.54 Å². The Morgan fingerprint density at radius 1 is 1.44 bits per heavy atom. The molecule has 0 aliphatic rings. The van der Waals surface area contributed by atoms with E-state index in [1.165, 1.54) is 11.8 Å². The van der Waals surface area contributed by atoms with Gasteiger partial charge in [0.05, 0.1) is 10.9 Å². The summed E-state index contributed by atoms with van der Waals surface area (Å²) in [4.78, 5) is 17.0. The van der Waals surface area contributed by atoms with Gasteiger partial charge in [0.15, 0.2) is 5.16 Å². The largest absolute Gasteiger partial charge is 0.287 e. The second-order valence-electron chi connectivity index (χ2n) is 4.57. The number of rotatable bonds is 3. The molecule has 0 aliphatic carbocycles. The molecule has 5 heteroatoms. The summed E-state index contributed by atoms with van der Waals surface area (Å²) >= 11 is 4.91. The minimum absolute atomic E-state index is 0.0411. The highest BCUT2D eigenvalue weighted by Gasteiger charge is 2.11. The molecule has 0 spiro atoms. The maximum Gasteiger partial charge on any atom is 0.262 e. The van der Waals surface area contributed by atoms with Crippen molar-refractivity contribution in [2.75, 3.05) is 6.26 Å². The van der Waals surface area contributed by atoms with Gasteiger partial charge in [-0.1, -0.05) is 41.5 Å². The Balaban J connectivity index is 2.75. The number of benzene rings is 1. The average molecular weight is 327 g/mol. The second-order valence-corrected chi connectivity index (χ2v) is 6.26. The molecule has 0 atom stereocenters. The molecule has 3 nitrogen and oxygen atoms in total. The summed E-state index contributed by atoms with van der Waals surface area (Å²) in [5.74, 6) is 0.417. The third-order valence-electron chi connectivity index (χ3n) is 2.61. The molecule has 0 amide bonds. The minimum Gasteiger partial charge on any atom is -0.287 e. The molecule has 0 saturated heterocycles. The van der Waals surface area contributed by atoms with Crippen molar-refractivity contribution in [3.05, 3.63) is 33.0 Å². The van der Waals surface area contributed by atoms with Crippen LogP contribution in [0.1, 0.15) is 13.8 Å². The van der Waals surface area contributed by atoms with Gasteiger partial charge in [0.1, 0.15) is 0 Å². The van der Waals surface area contributed by atoms with Crippen LogP contribution in [0.5, 0.6) is 0 Å². The number of hydrogen-bond donors (Lipinski definition) is 0. The van der Waals surface area contributed by atoms with Crippen molar-refractivity contribution < 1.29 is 0 Å². The van der Waals surface area contributed by atoms with Crippen LogP contribution in [0.15, 0.2) is 32.6 Å². The molecule has 0 fully saturated rings. The van der Waals surface area contributed by atoms with E-state index in [2.05, 4.69) is 34.8 Å². The Kier molecular flexibility index (Phi) is 4.12. The van der Waals surface area contributed by atoms with E-state index in [4.69, 9.17) is 0 Å². The van der Waals surface area contributed by atoms with Crippen LogP contribution in [0.4, 0.5) is 0 Å². The molecule has 96 valence electrons. The first-order valence-electron chi connectivity index (χ1n) is 5.77. The van der Waals surface area contributed by atoms with Crippen molar-refractivity contribution in [2.45, 2.75) is 25.5 Å². The van der Waals surface area contributed by atoms with Gasteiger partial charge in [0, 0.05) is 11.0 Å². The first-order chi connectivity index (χ1) is 8.52. The van der Waals surface area contributed by atoms with Gasteiger partial charge in [-0.25, -0.2) is 4.98 Å². The van der Waals surface area contributed by atoms with E-state index in [0.717, 1.165) is 15.1 Å². The van der Waals surface area contributed by atoms with Crippen molar-refractivity contribution in [1.82, 2.24) is 9.55 Å². The third-order valence-corrected chi connectivity index (χ3v) is 3.78. The van der Waals surface area contributed by atoms with Gasteiger partial charge in [0.2, 0.25) is 0 Å². The zero-order chi connectivity index (χ0) is 13.3. The molecule has 0 unspecified atom stereocenters. The lowest BCUT2D eigenvalue weighted by Crippen LogP contribution is -2.25. The zero-order valence-corrected chi connectivity index (χ0v) is 13.0. The molecule has 0 aliphatic heterocycles. The number of thioether (sulfide) groups is 1. The second kappa shape index (κ2) is 5.45. The molecule has 2 aromatic rings. The Morgan fingerprint density at radius 3 is 2.78 bits per heavy atom. The lowest BCUT2D eigenvalue weighted by Gasteiger charge is -2.13. The number of aromatic nitrogens is 2. The van der Waals surface area contributed by atoms with Crippen LogP contribution >= 0.6 is 27.7 Å². The lowest BCUT2D eigenvalue weighted by molar-refractivity contribution is 0.475. The Bertz CT molecular complexity index is 637. The molecule has 0 bridgehead atoms. The predicted molar refractivity (Wildman–Crippen MR) is 80.3 cm³/mol. The summed E-state index contributed by atoms with van der Waals surface area (Å²) in [6.07, 6.45) is 1.95. The monoisotopic (exact) mass is 326 g/mol. The smallest absolute Gasteiger partial charge is 0.262 e. The van der Waals surface area contributed by atoms with Gasteiger partial charge >= 0.3 is 0 Å². The average Bonchev–Trinajstić information content (AvgIpc) is 2.33. The SMILES string of the molecule is CSc1nc2ccc(Br)cc2c(=O)n1CC(C)C. The normalized spacial score (nSPS) is 11.4. The van der Waals surface area contributed by atoms with E-state index in [9.17, 15) is 4.79 Å². The van der Waals surface area contributed by atoms with Crippen molar-refractivity contribution in [3.63, 3.8) is 0 Å². The first-order valence-corrected chi connectivity index (χ1v) is 7.78. The first kappa shape index (κ1) is 13.6. The Labute approximate surface area is 119 Å². The van der Waals surface area contributed by atoms with Crippen molar-refractivity contribution in [1.29, 1.82) is 0 Å². The van der Waals surface area contributed by atoms with Crippen LogP contribution in [0.2, 0.25) is 0 Å². The van der Waals surface area contributed by atoms with Gasteiger partial charge in [-0.15, -0.1) is 0 Å². The van der Waals surface area contributed by atoms with Crippen LogP contribution in [0.25, 0.3) is 10.9 Å². The molecule has 0 radical (unpaired) electrons. The fourth-order valence-electron chi connectivity index (χ4n) is 1.85. The van der Waals surface area contributed by atoms with Crippen molar-refractivity contribution in [3.8, 4) is 0 Å². The van der Waals surface area contributed by atoms with E-state index in [-0.39, 0.29) is 5.56 Å². The molecular formula is C13H15BrN2OS. The van der Waals surface area contributed by atoms with Crippen LogP contribution in [0, 0.1) is 5.92 Å². The van der Waals surface area contributed by atoms with Crippen LogP contribution in [-0.4, -0.2) is 15.8 Å². The summed E-state index contributed by atoms with van der Waals surface area (Å²) in [7, 11) is 0. The van der Waals surface area contributed by atoms with Crippen molar-refractivity contribution >= 4 is 38.6 Å². The maximum atomic E-state index is 12.5. The maximum absolute atomic E-state index is 12.5. The summed E-state index contributed by atoms with van der Waals surface area (Å²) < 4.78 is 2.67. The van der Waals surface area contributed by atoms with Gasteiger partial charge in [-0.05, 0) is 30.4 Å². The lowest BCUT2D eigenvalue weighted by atomic mass is 10.2. The quantitative estimate of drug-likeness (QED) is 0.639. The van der Waals surface area contributed by atoms with Crippen LogP contribution < -0.4 is 5.56 Å². The Hall–Kier alpha value is -0.810. The number of nitrogens with zero attached hydrogens (tertiary/aromatic N) is 2. The van der Waals surface area contributed by atoms with E-state index in [1.54, 1.807) is 4.57 Å². The number of halogens is 1. The molecule has 1 aromatic heterocycles. The van der Waals surface area contributed by atoms with E-state index in [0.29, 0.717) is 17.8 Å². The molecule has 0 saturated carbocycles. The van der Waals surface area contributed by atoms with Crippen LogP contribution in [0.3, 0.4) is 0 Å². The molecule has 1 aromatic carbocycles. The highest BCUT2D eigenvalue weighted by atomic mass is 79.9. The fourth-order valence-corrected chi connectivity index (χ4v) is 2.78. The fraction of sp³-hybridized carbons (Fsp3) is 0.385. The summed E-state index contributed by atoms with van der Waals surface area (Å²) in [5.41, 5.74) is 0.798. The van der Waals surface area contributed by atoms with Gasteiger partial charge in [0.25, 0.3) is 5.56 Å². The highest BCUT2D eigenvalue weighted by molar-refractivity contribution is 9.10. The van der Waals surface area contributed by atoms with E-state index in [1.807, 2.05) is 24.5 Å². The summed E-state index contributed by atoms with van der Waals surface area (Å²) in [6.45, 7) is 4.90. The van der Waals surface area contributed by atoms with E-state index < -0.39 is 0 Å². The minimum atomic E-state index is 0.0411. The topological polar surface area (TPSA) is 34.9 Å². The van der Waals surface area contributed by atoms with Gasteiger partial charge < -0.3 is 0 Å². The van der Waals surface area contributed by atoms with Gasteiger partial charge in [-0.2, -0.15) is 0 Å². The number of fused-ring (bicyclic) bond motifs is 1. The standard InChI is InChI=1S/C13H15BrN2OS/c1-8(2)7-16-12(17)10-6-9(14)4-5-11(10)15-13(16)18-3/h4-6,8H,7H2,1-3H3. The molecule has 0 N–H and O–H groups in total. The molecule has 1 heterocycles. The summed E-state index contributed by atoms with van der Waals surface area (Å²) in [5, 5.41) is 1.45. The molecular weight excluding hydrogens is 312 g/mol. The van der Waals surface area contributed by atoms with E-state index >= 15 is 0 Å². The Morgan fingerprint density at radius 2 is 2.17 bits per heavy atom. The van der Waals surface area contributed by atoms with Crippen molar-refractivity contribution in [2.24, 2.45) is 5.92 Å². The molecule has 18 heavy (non-hydrogen) atoms. The zero-order valence-electron chi connectivity index (χ0n) is 10.6.